The van der Waals surface area contributed by atoms with E-state index >= 15 is 0 Å². The smallest absolute Gasteiger partial charge is 0.190 e. The summed E-state index contributed by atoms with van der Waals surface area (Å²) >= 11 is 12.0. The van der Waals surface area contributed by atoms with Gasteiger partial charge in [0.1, 0.15) is 11.8 Å². The maximum absolute atomic E-state index is 12.2. The average molecular weight is 316 g/mol. The third-order valence-electron chi connectivity index (χ3n) is 3.05. The second-order valence-electron chi connectivity index (χ2n) is 4.40. The van der Waals surface area contributed by atoms with Gasteiger partial charge in [0.05, 0.1) is 16.2 Å². The van der Waals surface area contributed by atoms with Crippen LogP contribution in [0.3, 0.4) is 0 Å². The minimum atomic E-state index is -0.151. The Bertz CT molecular complexity index is 957. The van der Waals surface area contributed by atoms with Crippen LogP contribution in [0.25, 0.3) is 22.2 Å². The van der Waals surface area contributed by atoms with Crippen molar-refractivity contribution in [2.45, 2.75) is 0 Å². The van der Waals surface area contributed by atoms with E-state index in [1.165, 1.54) is 18.3 Å². The topological polar surface area (TPSA) is 69.5 Å². The predicted molar refractivity (Wildman–Crippen MR) is 82.5 cm³/mol. The van der Waals surface area contributed by atoms with Crippen molar-refractivity contribution in [2.24, 2.45) is 0 Å². The Morgan fingerprint density at radius 2 is 2.00 bits per heavy atom. The Hall–Kier alpha value is -2.35. The maximum atomic E-state index is 12.2. The molecule has 0 unspecified atom stereocenters. The van der Waals surface area contributed by atoms with Gasteiger partial charge in [-0.05, 0) is 24.3 Å². The van der Waals surface area contributed by atoms with Crippen molar-refractivity contribution in [3.63, 3.8) is 0 Å². The van der Waals surface area contributed by atoms with E-state index < -0.39 is 0 Å². The van der Waals surface area contributed by atoms with Crippen molar-refractivity contribution in [3.8, 4) is 17.3 Å². The lowest BCUT2D eigenvalue weighted by Gasteiger charge is -2.07. The van der Waals surface area contributed by atoms with Crippen molar-refractivity contribution in [2.75, 3.05) is 0 Å². The molecule has 102 valence electrons. The van der Waals surface area contributed by atoms with Crippen LogP contribution in [0, 0.1) is 11.3 Å². The number of aromatic nitrogens is 2. The van der Waals surface area contributed by atoms with E-state index in [4.69, 9.17) is 28.5 Å². The summed E-state index contributed by atoms with van der Waals surface area (Å²) in [7, 11) is 0. The molecule has 2 aromatic heterocycles. The quantitative estimate of drug-likeness (QED) is 0.743. The summed E-state index contributed by atoms with van der Waals surface area (Å²) in [6, 6.07) is 9.91. The minimum absolute atomic E-state index is 0.151. The first-order chi connectivity index (χ1) is 10.1. The van der Waals surface area contributed by atoms with Gasteiger partial charge >= 0.3 is 0 Å². The first-order valence-corrected chi connectivity index (χ1v) is 6.72. The number of H-pyrrole nitrogens is 1. The fourth-order valence-corrected chi connectivity index (χ4v) is 2.45. The van der Waals surface area contributed by atoms with E-state index in [9.17, 15) is 4.79 Å². The third kappa shape index (κ3) is 2.49. The molecule has 0 amide bonds. The van der Waals surface area contributed by atoms with E-state index in [0.717, 1.165) is 0 Å². The molecule has 0 radical (unpaired) electrons. The number of nitrogens with one attached hydrogen (secondary N) is 1. The lowest BCUT2D eigenvalue weighted by atomic mass is 10.1. The summed E-state index contributed by atoms with van der Waals surface area (Å²) in [6.45, 7) is 0. The van der Waals surface area contributed by atoms with Crippen LogP contribution in [0.4, 0.5) is 0 Å². The van der Waals surface area contributed by atoms with Crippen LogP contribution in [0.5, 0.6) is 0 Å². The number of aromatic amines is 1. The highest BCUT2D eigenvalue weighted by atomic mass is 35.5. The molecule has 3 rings (SSSR count). The van der Waals surface area contributed by atoms with E-state index in [1.54, 1.807) is 18.2 Å². The number of hydrogen-bond acceptors (Lipinski definition) is 3. The minimum Gasteiger partial charge on any atom is -0.354 e. The zero-order valence-electron chi connectivity index (χ0n) is 10.5. The highest BCUT2D eigenvalue weighted by Crippen LogP contribution is 2.27. The molecule has 0 atom stereocenters. The van der Waals surface area contributed by atoms with E-state index in [1.807, 2.05) is 6.07 Å². The summed E-state index contributed by atoms with van der Waals surface area (Å²) in [6.07, 6.45) is 1.38. The molecule has 0 fully saturated rings. The van der Waals surface area contributed by atoms with Gasteiger partial charge in [-0.25, -0.2) is 4.98 Å². The molecule has 0 aliphatic heterocycles. The monoisotopic (exact) mass is 315 g/mol. The Morgan fingerprint density at radius 3 is 2.76 bits per heavy atom. The Morgan fingerprint density at radius 1 is 1.19 bits per heavy atom. The molecule has 1 N–H and O–H groups in total. The Kier molecular flexibility index (Phi) is 3.38. The predicted octanol–water partition coefficient (Wildman–Crippen LogP) is 3.77. The summed E-state index contributed by atoms with van der Waals surface area (Å²) < 4.78 is 0. The number of halogens is 2. The van der Waals surface area contributed by atoms with Gasteiger partial charge < -0.3 is 4.98 Å². The van der Waals surface area contributed by atoms with Crippen molar-refractivity contribution in [1.29, 1.82) is 5.26 Å². The second-order valence-corrected chi connectivity index (χ2v) is 5.24. The molecule has 0 saturated heterocycles. The fraction of sp³-hybridized carbons (Fsp3) is 0. The number of hydrogen-bond donors (Lipinski definition) is 1. The van der Waals surface area contributed by atoms with Crippen LogP contribution >= 0.6 is 23.2 Å². The number of nitriles is 1. The normalized spacial score (nSPS) is 10.5. The number of fused-ring (bicyclic) bond motifs is 1. The highest BCUT2D eigenvalue weighted by Gasteiger charge is 2.09. The van der Waals surface area contributed by atoms with Crippen molar-refractivity contribution >= 4 is 34.1 Å². The lowest BCUT2D eigenvalue weighted by Crippen LogP contribution is -2.03. The largest absolute Gasteiger partial charge is 0.354 e. The number of nitrogens with zero attached hydrogens (tertiary/aromatic N) is 2. The molecule has 0 aliphatic carbocycles. The molecule has 0 spiro atoms. The molecule has 6 heteroatoms. The zero-order valence-corrected chi connectivity index (χ0v) is 12.0. The molecule has 0 aliphatic rings. The first-order valence-electron chi connectivity index (χ1n) is 5.97. The van der Waals surface area contributed by atoms with E-state index in [2.05, 4.69) is 9.97 Å². The summed E-state index contributed by atoms with van der Waals surface area (Å²) in [5.74, 6) is 0. The SMILES string of the molecule is N#Cc1cc(-c2cc(=O)c3ccc(Cl)cc3[nH]2)c(Cl)cn1. The van der Waals surface area contributed by atoms with Gasteiger partial charge in [0, 0.05) is 28.2 Å². The van der Waals surface area contributed by atoms with Crippen LogP contribution in [0.15, 0.2) is 41.3 Å². The molecule has 2 heterocycles. The van der Waals surface area contributed by atoms with Gasteiger partial charge in [-0.3, -0.25) is 4.79 Å². The summed E-state index contributed by atoms with van der Waals surface area (Å²) in [5.41, 5.74) is 1.74. The molecule has 0 bridgehead atoms. The lowest BCUT2D eigenvalue weighted by molar-refractivity contribution is 1.25. The zero-order chi connectivity index (χ0) is 15.0. The molecule has 0 saturated carbocycles. The summed E-state index contributed by atoms with van der Waals surface area (Å²) in [5, 5.41) is 10.3. The second kappa shape index (κ2) is 5.21. The van der Waals surface area contributed by atoms with Gasteiger partial charge in [-0.1, -0.05) is 23.2 Å². The van der Waals surface area contributed by atoms with Crippen molar-refractivity contribution < 1.29 is 0 Å². The number of benzene rings is 1. The molecule has 3 aromatic rings. The van der Waals surface area contributed by atoms with Crippen LogP contribution in [-0.4, -0.2) is 9.97 Å². The maximum Gasteiger partial charge on any atom is 0.190 e. The molecule has 1 aromatic carbocycles. The van der Waals surface area contributed by atoms with Gasteiger partial charge in [0.15, 0.2) is 5.43 Å². The molecule has 4 nitrogen and oxygen atoms in total. The highest BCUT2D eigenvalue weighted by molar-refractivity contribution is 6.33. The van der Waals surface area contributed by atoms with Crippen molar-refractivity contribution in [1.82, 2.24) is 9.97 Å². The first kappa shape index (κ1) is 13.6. The van der Waals surface area contributed by atoms with E-state index in [0.29, 0.717) is 32.2 Å². The van der Waals surface area contributed by atoms with Gasteiger partial charge in [0.2, 0.25) is 0 Å². The Labute approximate surface area is 129 Å². The van der Waals surface area contributed by atoms with Crippen LogP contribution in [0.2, 0.25) is 10.0 Å². The van der Waals surface area contributed by atoms with Gasteiger partial charge in [-0.15, -0.1) is 0 Å². The fourth-order valence-electron chi connectivity index (χ4n) is 2.08. The number of rotatable bonds is 1. The molecular formula is C15H7Cl2N3O. The van der Waals surface area contributed by atoms with Crippen molar-refractivity contribution in [3.05, 3.63) is 62.5 Å². The number of pyridine rings is 2. The third-order valence-corrected chi connectivity index (χ3v) is 3.59. The van der Waals surface area contributed by atoms with Crippen LogP contribution in [-0.2, 0) is 0 Å². The van der Waals surface area contributed by atoms with Gasteiger partial charge in [-0.2, -0.15) is 5.26 Å². The summed E-state index contributed by atoms with van der Waals surface area (Å²) in [4.78, 5) is 19.1. The van der Waals surface area contributed by atoms with Gasteiger partial charge in [0.25, 0.3) is 0 Å². The average Bonchev–Trinajstić information content (AvgIpc) is 2.47. The van der Waals surface area contributed by atoms with E-state index in [-0.39, 0.29) is 11.1 Å². The Balaban J connectivity index is 2.31. The molecule has 21 heavy (non-hydrogen) atoms. The van der Waals surface area contributed by atoms with Crippen LogP contribution < -0.4 is 5.43 Å². The van der Waals surface area contributed by atoms with Crippen LogP contribution in [0.1, 0.15) is 5.69 Å². The standard InChI is InChI=1S/C15H7Cl2N3O/c16-8-1-2-10-13(3-8)20-14(5-15(10)21)11-4-9(6-18)19-7-12(11)17/h1-5,7H,(H,20,21). The molecular weight excluding hydrogens is 309 g/mol.